The second kappa shape index (κ2) is 12.2. The molecule has 12 atom stereocenters. The normalized spacial score (nSPS) is 48.9. The fraction of sp³-hybridized carbons (Fsp3) is 1.00. The number of ether oxygens (including phenoxy) is 3. The van der Waals surface area contributed by atoms with Crippen LogP contribution in [0, 0.1) is 45.3 Å². The first kappa shape index (κ1) is 34.6. The SMILES string of the molecule is CC.CC12CC[C@@]34CC35CC[C@H](OC3CN(C6CC6)CCO3)C(C)(C)C5CCC4C1CC1OC([C@H](O)C(C)(C)O)CCC12.CO.[HH]. The second-order valence-electron chi connectivity index (χ2n) is 17.6. The predicted molar refractivity (Wildman–Crippen MR) is 179 cm³/mol. The number of hydrogen-bond acceptors (Lipinski definition) is 7. The zero-order valence-corrected chi connectivity index (χ0v) is 29.9. The Kier molecular flexibility index (Phi) is 9.41. The van der Waals surface area contributed by atoms with Gasteiger partial charge in [-0.05, 0) is 136 Å². The summed E-state index contributed by atoms with van der Waals surface area (Å²) in [7, 11) is 1.00. The van der Waals surface area contributed by atoms with Crippen molar-refractivity contribution in [2.45, 2.75) is 168 Å². The largest absolute Gasteiger partial charge is 0.400 e. The van der Waals surface area contributed by atoms with Crippen LogP contribution in [0.3, 0.4) is 0 Å². The van der Waals surface area contributed by atoms with E-state index in [2.05, 4.69) is 25.7 Å². The van der Waals surface area contributed by atoms with E-state index in [0.29, 0.717) is 28.3 Å². The standard InChI is InChI=1S/C35H57NO5.C2H6.CH4O.H2/c1-31(2)27-11-9-22-24-18-26-23(8-10-25(40-26)30(37)32(3,4)38)33(24,5)14-15-34(22)20-35(27,34)13-12-28(31)41-29-19-36(16-17-39-29)21-6-7-21;2*1-2;/h21-30,37-38H,6-20H2,1-5H3;1-2H3;2H,1H3;1H/t22?,23?,24?,25?,26?,27?,28-,29?,30-,33?,34-,35?;;;/m0.../s1. The van der Waals surface area contributed by atoms with Crippen LogP contribution in [0.5, 0.6) is 0 Å². The number of rotatable bonds is 5. The molecule has 2 aliphatic heterocycles. The summed E-state index contributed by atoms with van der Waals surface area (Å²) in [5, 5.41) is 28.3. The number of aliphatic hydroxyl groups is 3. The second-order valence-corrected chi connectivity index (χ2v) is 17.6. The summed E-state index contributed by atoms with van der Waals surface area (Å²) in [5.74, 6) is 2.93. The number of fused-ring (bicyclic) bond motifs is 4. The molecule has 6 saturated carbocycles. The van der Waals surface area contributed by atoms with Crippen molar-refractivity contribution in [3.63, 3.8) is 0 Å². The van der Waals surface area contributed by atoms with Gasteiger partial charge in [-0.1, -0.05) is 34.6 Å². The van der Waals surface area contributed by atoms with Crippen molar-refractivity contribution >= 4 is 0 Å². The molecule has 6 aliphatic carbocycles. The molecule has 7 nitrogen and oxygen atoms in total. The first-order valence-corrected chi connectivity index (χ1v) is 18.9. The van der Waals surface area contributed by atoms with Gasteiger partial charge in [-0.3, -0.25) is 4.90 Å². The lowest BCUT2D eigenvalue weighted by Crippen LogP contribution is -2.56. The molecule has 8 rings (SSSR count). The highest BCUT2D eigenvalue weighted by molar-refractivity contribution is 5.29. The molecule has 0 bridgehead atoms. The number of hydrogen-bond donors (Lipinski definition) is 3. The molecule has 0 aromatic carbocycles. The summed E-state index contributed by atoms with van der Waals surface area (Å²) in [6.45, 7) is 17.9. The van der Waals surface area contributed by atoms with Crippen molar-refractivity contribution in [1.82, 2.24) is 4.90 Å². The lowest BCUT2D eigenvalue weighted by molar-refractivity contribution is -0.245. The molecule has 45 heavy (non-hydrogen) atoms. The van der Waals surface area contributed by atoms with Crippen molar-refractivity contribution < 1.29 is 31.0 Å². The third kappa shape index (κ3) is 5.40. The fourth-order valence-corrected chi connectivity index (χ4v) is 12.9. The molecule has 0 aromatic rings. The molecule has 2 saturated heterocycles. The van der Waals surface area contributed by atoms with Gasteiger partial charge in [-0.15, -0.1) is 0 Å². The van der Waals surface area contributed by atoms with Gasteiger partial charge in [0, 0.05) is 27.7 Å². The summed E-state index contributed by atoms with van der Waals surface area (Å²) in [6.07, 6.45) is 14.8. The third-order valence-electron chi connectivity index (χ3n) is 15.1. The number of morpholine rings is 1. The minimum Gasteiger partial charge on any atom is -0.400 e. The van der Waals surface area contributed by atoms with Crippen LogP contribution >= 0.6 is 0 Å². The molecule has 8 aliphatic rings. The van der Waals surface area contributed by atoms with Gasteiger partial charge in [-0.25, -0.2) is 0 Å². The molecule has 0 radical (unpaired) electrons. The van der Waals surface area contributed by atoms with Crippen molar-refractivity contribution in [1.29, 1.82) is 0 Å². The molecule has 2 spiro atoms. The maximum atomic E-state index is 10.8. The van der Waals surface area contributed by atoms with Gasteiger partial charge in [0.1, 0.15) is 6.10 Å². The zero-order valence-electron chi connectivity index (χ0n) is 29.9. The van der Waals surface area contributed by atoms with Gasteiger partial charge in [0.05, 0.1) is 30.5 Å². The average molecular weight is 636 g/mol. The van der Waals surface area contributed by atoms with Crippen LogP contribution < -0.4 is 0 Å². The van der Waals surface area contributed by atoms with Gasteiger partial charge in [-0.2, -0.15) is 0 Å². The summed E-state index contributed by atoms with van der Waals surface area (Å²) >= 11 is 0. The summed E-state index contributed by atoms with van der Waals surface area (Å²) in [4.78, 5) is 2.61. The minimum atomic E-state index is -1.12. The fourth-order valence-electron chi connectivity index (χ4n) is 12.9. The van der Waals surface area contributed by atoms with Crippen molar-refractivity contribution in [2.24, 2.45) is 45.3 Å². The Morgan fingerprint density at radius 3 is 2.29 bits per heavy atom. The molecule has 262 valence electrons. The first-order chi connectivity index (χ1) is 21.4. The van der Waals surface area contributed by atoms with Crippen molar-refractivity contribution in [3.8, 4) is 0 Å². The van der Waals surface area contributed by atoms with E-state index in [0.717, 1.165) is 69.9 Å². The van der Waals surface area contributed by atoms with Crippen LogP contribution in [0.2, 0.25) is 0 Å². The quantitative estimate of drug-likeness (QED) is 0.322. The minimum absolute atomic E-state index is 0. The van der Waals surface area contributed by atoms with E-state index in [4.69, 9.17) is 19.3 Å². The molecule has 3 N–H and O–H groups in total. The van der Waals surface area contributed by atoms with Gasteiger partial charge in [0.2, 0.25) is 0 Å². The third-order valence-corrected chi connectivity index (χ3v) is 15.1. The van der Waals surface area contributed by atoms with E-state index in [1.54, 1.807) is 13.8 Å². The van der Waals surface area contributed by atoms with Crippen LogP contribution in [0.4, 0.5) is 0 Å². The van der Waals surface area contributed by atoms with Crippen LogP contribution in [0.25, 0.3) is 0 Å². The summed E-state index contributed by atoms with van der Waals surface area (Å²) in [5.41, 5.74) is 0.480. The van der Waals surface area contributed by atoms with Crippen LogP contribution in [0.1, 0.15) is 127 Å². The average Bonchev–Trinajstić information content (AvgIpc) is 3.95. The van der Waals surface area contributed by atoms with E-state index in [1.165, 1.54) is 57.8 Å². The van der Waals surface area contributed by atoms with E-state index in [1.807, 2.05) is 13.8 Å². The van der Waals surface area contributed by atoms with Gasteiger partial charge in [0.15, 0.2) is 6.29 Å². The van der Waals surface area contributed by atoms with Crippen LogP contribution in [-0.4, -0.2) is 89.4 Å². The van der Waals surface area contributed by atoms with Gasteiger partial charge >= 0.3 is 0 Å². The smallest absolute Gasteiger partial charge is 0.170 e. The van der Waals surface area contributed by atoms with Crippen molar-refractivity contribution in [2.75, 3.05) is 26.8 Å². The molecule has 0 aromatic heterocycles. The Labute approximate surface area is 275 Å². The Morgan fingerprint density at radius 1 is 0.889 bits per heavy atom. The van der Waals surface area contributed by atoms with Crippen LogP contribution in [0.15, 0.2) is 0 Å². The van der Waals surface area contributed by atoms with Crippen molar-refractivity contribution in [3.05, 3.63) is 0 Å². The van der Waals surface area contributed by atoms with Gasteiger partial charge in [0.25, 0.3) is 0 Å². The molecule has 9 unspecified atom stereocenters. The monoisotopic (exact) mass is 636 g/mol. The summed E-state index contributed by atoms with van der Waals surface area (Å²) in [6, 6.07) is 0.786. The Balaban J connectivity index is 0.000000804. The maximum Gasteiger partial charge on any atom is 0.170 e. The van der Waals surface area contributed by atoms with E-state index in [-0.39, 0.29) is 25.3 Å². The lowest BCUT2D eigenvalue weighted by Gasteiger charge is -2.60. The molecule has 8 fully saturated rings. The molecular weight excluding hydrogens is 566 g/mol. The van der Waals surface area contributed by atoms with E-state index < -0.39 is 11.7 Å². The molecule has 7 heteroatoms. The van der Waals surface area contributed by atoms with Crippen LogP contribution in [-0.2, 0) is 14.2 Å². The predicted octanol–water partition coefficient (Wildman–Crippen LogP) is 6.41. The van der Waals surface area contributed by atoms with E-state index >= 15 is 0 Å². The van der Waals surface area contributed by atoms with E-state index in [9.17, 15) is 10.2 Å². The Bertz CT molecular complexity index is 1050. The zero-order chi connectivity index (χ0) is 32.6. The Morgan fingerprint density at radius 2 is 1.60 bits per heavy atom. The molecule has 0 amide bonds. The number of aliphatic hydroxyl groups excluding tert-OH is 2. The number of nitrogens with zero attached hydrogens (tertiary/aromatic N) is 1. The van der Waals surface area contributed by atoms with Gasteiger partial charge < -0.3 is 29.5 Å². The summed E-state index contributed by atoms with van der Waals surface area (Å²) < 4.78 is 19.8. The molecular formula is C38H69NO6. The topological polar surface area (TPSA) is 91.6 Å². The first-order valence-electron chi connectivity index (χ1n) is 18.9. The highest BCUT2D eigenvalue weighted by atomic mass is 16.7. The molecule has 2 heterocycles. The highest BCUT2D eigenvalue weighted by Gasteiger charge is 2.80. The highest BCUT2D eigenvalue weighted by Crippen LogP contribution is 2.87. The maximum absolute atomic E-state index is 10.8. The Hall–Kier alpha value is -0.280. The lowest BCUT2D eigenvalue weighted by atomic mass is 9.46.